The van der Waals surface area contributed by atoms with Gasteiger partial charge in [0.25, 0.3) is 5.91 Å². The maximum absolute atomic E-state index is 12.7. The third-order valence-corrected chi connectivity index (χ3v) is 6.69. The molecule has 2 N–H and O–H groups in total. The number of nitrogens with zero attached hydrogens (tertiary/aromatic N) is 1. The quantitative estimate of drug-likeness (QED) is 0.439. The summed E-state index contributed by atoms with van der Waals surface area (Å²) < 4.78 is 14.6. The van der Waals surface area contributed by atoms with Gasteiger partial charge in [-0.05, 0) is 36.8 Å². The van der Waals surface area contributed by atoms with Crippen LogP contribution in [0.5, 0.6) is 0 Å². The maximum Gasteiger partial charge on any atom is 0.255 e. The van der Waals surface area contributed by atoms with Gasteiger partial charge in [-0.2, -0.15) is 0 Å². The Morgan fingerprint density at radius 1 is 1.10 bits per heavy atom. The lowest BCUT2D eigenvalue weighted by molar-refractivity contribution is -0.438. The van der Waals surface area contributed by atoms with E-state index in [4.69, 9.17) is 0 Å². The van der Waals surface area contributed by atoms with Crippen LogP contribution in [0.3, 0.4) is 0 Å². The Kier molecular flexibility index (Phi) is 8.78. The van der Waals surface area contributed by atoms with E-state index in [0.717, 1.165) is 43.1 Å². The molecular weight excluding hydrogens is 394 g/mol. The third kappa shape index (κ3) is 6.61. The van der Waals surface area contributed by atoms with Gasteiger partial charge >= 0.3 is 0 Å². The van der Waals surface area contributed by atoms with Crippen molar-refractivity contribution in [2.75, 3.05) is 30.7 Å². The average Bonchev–Trinajstić information content (AvgIpc) is 2.80. The minimum Gasteiger partial charge on any atom is -0.322 e. The van der Waals surface area contributed by atoms with Crippen LogP contribution in [-0.4, -0.2) is 46.3 Å². The zero-order chi connectivity index (χ0) is 21.2. The third-order valence-electron chi connectivity index (χ3n) is 5.23. The molecule has 30 heavy (non-hydrogen) atoms. The largest absolute Gasteiger partial charge is 0.322 e. The van der Waals surface area contributed by atoms with E-state index in [0.29, 0.717) is 17.0 Å². The molecule has 1 aliphatic heterocycles. The summed E-state index contributed by atoms with van der Waals surface area (Å²) in [4.78, 5) is 13.5. The summed E-state index contributed by atoms with van der Waals surface area (Å²) in [6.07, 6.45) is 7.91. The lowest BCUT2D eigenvalue weighted by Gasteiger charge is -2.10. The summed E-state index contributed by atoms with van der Waals surface area (Å²) in [5, 5.41) is 6.23. The molecule has 0 radical (unpaired) electrons. The van der Waals surface area contributed by atoms with Gasteiger partial charge in [0.2, 0.25) is 5.69 Å². The van der Waals surface area contributed by atoms with Crippen molar-refractivity contribution in [3.8, 4) is 0 Å². The molecule has 1 heterocycles. The molecule has 2 aromatic carbocycles. The molecule has 1 aliphatic rings. The highest BCUT2D eigenvalue weighted by Crippen LogP contribution is 2.18. The topological polar surface area (TPSA) is 61.2 Å². The van der Waals surface area contributed by atoms with Gasteiger partial charge in [-0.25, -0.2) is 4.58 Å². The van der Waals surface area contributed by atoms with Gasteiger partial charge < -0.3 is 10.6 Å². The Balaban J connectivity index is 1.55. The smallest absolute Gasteiger partial charge is 0.255 e. The summed E-state index contributed by atoms with van der Waals surface area (Å²) in [5.74, 6) is 0.558. The number of carbonyl (C=O) groups is 1. The first-order chi connectivity index (χ1) is 14.7. The molecule has 1 amide bonds. The first-order valence-electron chi connectivity index (χ1n) is 10.9. The first-order valence-corrected chi connectivity index (χ1v) is 12.2. The van der Waals surface area contributed by atoms with E-state index in [2.05, 4.69) is 28.3 Å². The predicted octanol–water partition coefficient (Wildman–Crippen LogP) is 4.33. The number of nitrogens with one attached hydrogen (secondary N) is 2. The molecule has 0 fully saturated rings. The van der Waals surface area contributed by atoms with E-state index in [-0.39, 0.29) is 5.91 Å². The number of benzene rings is 2. The fourth-order valence-electron chi connectivity index (χ4n) is 3.48. The number of anilines is 1. The lowest BCUT2D eigenvalue weighted by Crippen LogP contribution is -2.33. The molecule has 1 atom stereocenters. The van der Waals surface area contributed by atoms with Crippen molar-refractivity contribution >= 4 is 34.3 Å². The van der Waals surface area contributed by atoms with E-state index >= 15 is 0 Å². The molecule has 0 aliphatic carbocycles. The van der Waals surface area contributed by atoms with Crippen LogP contribution in [-0.2, 0) is 10.8 Å². The Labute approximate surface area is 182 Å². The normalized spacial score (nSPS) is 14.8. The van der Waals surface area contributed by atoms with E-state index in [1.807, 2.05) is 48.5 Å². The van der Waals surface area contributed by atoms with E-state index in [1.54, 1.807) is 0 Å². The van der Waals surface area contributed by atoms with Gasteiger partial charge in [0, 0.05) is 34.0 Å². The van der Waals surface area contributed by atoms with Crippen LogP contribution < -0.4 is 10.6 Å². The second-order valence-corrected chi connectivity index (χ2v) is 9.14. The van der Waals surface area contributed by atoms with E-state index in [9.17, 15) is 9.00 Å². The molecule has 1 unspecified atom stereocenters. The Morgan fingerprint density at radius 2 is 1.90 bits per heavy atom. The van der Waals surface area contributed by atoms with Crippen molar-refractivity contribution in [3.63, 3.8) is 0 Å². The molecular formula is C24H32N3O2S+. The van der Waals surface area contributed by atoms with Gasteiger partial charge in [-0.15, -0.1) is 0 Å². The molecule has 5 nitrogen and oxygen atoms in total. The molecule has 0 bridgehead atoms. The highest BCUT2D eigenvalue weighted by atomic mass is 32.2. The second kappa shape index (κ2) is 11.8. The van der Waals surface area contributed by atoms with Crippen molar-refractivity contribution in [1.29, 1.82) is 0 Å². The Hall–Kier alpha value is -2.31. The summed E-state index contributed by atoms with van der Waals surface area (Å²) in [6.45, 7) is 4.85. The predicted molar refractivity (Wildman–Crippen MR) is 125 cm³/mol. The second-order valence-electron chi connectivity index (χ2n) is 7.57. The molecule has 0 aromatic heterocycles. The number of unbranched alkanes of at least 4 members (excludes halogenated alkanes) is 4. The molecule has 0 saturated heterocycles. The highest BCUT2D eigenvalue weighted by Gasteiger charge is 2.15. The molecule has 0 saturated carbocycles. The minimum atomic E-state index is -0.979. The highest BCUT2D eigenvalue weighted by molar-refractivity contribution is 7.85. The standard InChI is InChI=1S/C24H31N3O2S/c1-2-3-4-5-6-18-30(29)23-12-10-21(11-13-23)26-24(28)20-8-7-9-22(19-20)27-16-14-25-15-17-27/h7-13,16,19,25H,2-6,14-15,17-18H2,1H3/p+1. The van der Waals surface area contributed by atoms with Crippen molar-refractivity contribution < 1.29 is 13.6 Å². The molecule has 3 rings (SSSR count). The van der Waals surface area contributed by atoms with Crippen LogP contribution in [0.2, 0.25) is 0 Å². The first kappa shape index (κ1) is 22.4. The fourth-order valence-corrected chi connectivity index (χ4v) is 4.62. The minimum absolute atomic E-state index is 0.142. The molecule has 0 spiro atoms. The fraction of sp³-hybridized carbons (Fsp3) is 0.417. The van der Waals surface area contributed by atoms with Crippen molar-refractivity contribution in [2.24, 2.45) is 0 Å². The monoisotopic (exact) mass is 426 g/mol. The van der Waals surface area contributed by atoms with Crippen molar-refractivity contribution in [2.45, 2.75) is 43.9 Å². The zero-order valence-electron chi connectivity index (χ0n) is 17.7. The lowest BCUT2D eigenvalue weighted by atomic mass is 10.1. The number of carbonyl (C=O) groups excluding carboxylic acids is 1. The molecule has 6 heteroatoms. The summed E-state index contributed by atoms with van der Waals surface area (Å²) in [5.41, 5.74) is 2.36. The van der Waals surface area contributed by atoms with Gasteiger partial charge in [0.1, 0.15) is 0 Å². The SMILES string of the molecule is CCCCCCCS(=O)c1ccc(NC(=O)c2cccc([N+]3=CCNCC3)c2)cc1. The van der Waals surface area contributed by atoms with Gasteiger partial charge in [-0.3, -0.25) is 9.00 Å². The van der Waals surface area contributed by atoms with Crippen LogP contribution in [0.4, 0.5) is 11.4 Å². The van der Waals surface area contributed by atoms with Gasteiger partial charge in [0.15, 0.2) is 12.8 Å². The van der Waals surface area contributed by atoms with Crippen molar-refractivity contribution in [3.05, 3.63) is 54.1 Å². The summed E-state index contributed by atoms with van der Waals surface area (Å²) >= 11 is 0. The average molecular weight is 427 g/mol. The van der Waals surface area contributed by atoms with Crippen LogP contribution >= 0.6 is 0 Å². The van der Waals surface area contributed by atoms with Crippen LogP contribution in [0.25, 0.3) is 0 Å². The van der Waals surface area contributed by atoms with Gasteiger partial charge in [-0.1, -0.05) is 38.7 Å². The Bertz CT molecular complexity index is 894. The number of amides is 1. The summed E-state index contributed by atoms with van der Waals surface area (Å²) in [7, 11) is -0.979. The maximum atomic E-state index is 12.7. The molecule has 2 aromatic rings. The van der Waals surface area contributed by atoms with E-state index in [1.165, 1.54) is 19.3 Å². The van der Waals surface area contributed by atoms with Crippen molar-refractivity contribution in [1.82, 2.24) is 5.32 Å². The van der Waals surface area contributed by atoms with Crippen LogP contribution in [0.15, 0.2) is 53.4 Å². The number of rotatable bonds is 10. The molecule has 160 valence electrons. The van der Waals surface area contributed by atoms with Crippen LogP contribution in [0, 0.1) is 0 Å². The van der Waals surface area contributed by atoms with Crippen LogP contribution in [0.1, 0.15) is 49.4 Å². The number of hydrogen-bond acceptors (Lipinski definition) is 3. The number of hydrogen-bond donors (Lipinski definition) is 2. The van der Waals surface area contributed by atoms with E-state index < -0.39 is 10.8 Å². The Morgan fingerprint density at radius 3 is 2.63 bits per heavy atom. The zero-order valence-corrected chi connectivity index (χ0v) is 18.5. The van der Waals surface area contributed by atoms with Gasteiger partial charge in [0.05, 0.1) is 23.9 Å². The summed E-state index contributed by atoms with van der Waals surface area (Å²) in [6, 6.07) is 15.0.